The molecule has 2 nitrogen and oxygen atoms in total. The van der Waals surface area contributed by atoms with Crippen molar-refractivity contribution in [3.8, 4) is 0 Å². The van der Waals surface area contributed by atoms with Gasteiger partial charge in [-0.25, -0.2) is 0 Å². The Labute approximate surface area is 124 Å². The summed E-state index contributed by atoms with van der Waals surface area (Å²) in [7, 11) is 0. The Morgan fingerprint density at radius 3 is 2.60 bits per heavy atom. The second-order valence-electron chi connectivity index (χ2n) is 6.41. The van der Waals surface area contributed by atoms with E-state index < -0.39 is 5.60 Å². The zero-order valence-electron chi connectivity index (χ0n) is 12.0. The molecule has 1 saturated carbocycles. The molecule has 1 heterocycles. The van der Waals surface area contributed by atoms with Crippen LogP contribution in [-0.4, -0.2) is 5.11 Å². The maximum Gasteiger partial charge on any atom is 0.136 e. The molecule has 3 heteroatoms. The van der Waals surface area contributed by atoms with Crippen LogP contribution in [0.4, 0.5) is 0 Å². The van der Waals surface area contributed by atoms with E-state index in [4.69, 9.17) is 16.0 Å². The van der Waals surface area contributed by atoms with Gasteiger partial charge in [-0.05, 0) is 61.8 Å². The third kappa shape index (κ3) is 2.47. The van der Waals surface area contributed by atoms with Crippen LogP contribution in [-0.2, 0) is 5.60 Å². The highest BCUT2D eigenvalue weighted by Gasteiger charge is 2.38. The number of rotatable bonds is 2. The van der Waals surface area contributed by atoms with Crippen molar-refractivity contribution in [1.82, 2.24) is 0 Å². The van der Waals surface area contributed by atoms with E-state index in [2.05, 4.69) is 13.8 Å². The van der Waals surface area contributed by atoms with Gasteiger partial charge in [-0.1, -0.05) is 25.4 Å². The Hall–Kier alpha value is -0.990. The van der Waals surface area contributed by atoms with Crippen molar-refractivity contribution in [1.29, 1.82) is 0 Å². The van der Waals surface area contributed by atoms with E-state index in [1.54, 1.807) is 0 Å². The van der Waals surface area contributed by atoms with Gasteiger partial charge in [0.15, 0.2) is 0 Å². The number of benzene rings is 1. The molecular weight excluding hydrogens is 272 g/mol. The summed E-state index contributed by atoms with van der Waals surface area (Å²) >= 11 is 6.00. The maximum atomic E-state index is 10.9. The lowest BCUT2D eigenvalue weighted by atomic mass is 9.74. The molecule has 20 heavy (non-hydrogen) atoms. The van der Waals surface area contributed by atoms with Gasteiger partial charge in [0.25, 0.3) is 0 Å². The topological polar surface area (TPSA) is 33.4 Å². The van der Waals surface area contributed by atoms with Crippen LogP contribution in [0.5, 0.6) is 0 Å². The summed E-state index contributed by atoms with van der Waals surface area (Å²) in [5.41, 5.74) is -0.0135. The van der Waals surface area contributed by atoms with Crippen LogP contribution in [0, 0.1) is 11.8 Å². The second kappa shape index (κ2) is 5.09. The number of hydrogen-bond acceptors (Lipinski definition) is 2. The third-order valence-corrected chi connectivity index (χ3v) is 4.97. The zero-order valence-corrected chi connectivity index (χ0v) is 12.8. The van der Waals surface area contributed by atoms with E-state index in [-0.39, 0.29) is 0 Å². The number of fused-ring (bicyclic) bond motifs is 1. The number of aliphatic hydroxyl groups is 1. The molecule has 0 bridgehead atoms. The molecule has 0 radical (unpaired) electrons. The molecule has 108 valence electrons. The molecule has 0 amide bonds. The van der Waals surface area contributed by atoms with E-state index in [1.165, 1.54) is 0 Å². The summed E-state index contributed by atoms with van der Waals surface area (Å²) in [4.78, 5) is 0. The minimum atomic E-state index is -0.809. The summed E-state index contributed by atoms with van der Waals surface area (Å²) in [5.74, 6) is 2.10. The molecular formula is C17H21ClO2. The Morgan fingerprint density at radius 2 is 1.95 bits per heavy atom. The molecule has 1 aliphatic carbocycles. The van der Waals surface area contributed by atoms with E-state index in [9.17, 15) is 5.11 Å². The molecule has 1 aromatic heterocycles. The Bertz CT molecular complexity index is 606. The second-order valence-corrected chi connectivity index (χ2v) is 6.84. The van der Waals surface area contributed by atoms with Gasteiger partial charge in [0, 0.05) is 10.4 Å². The first kappa shape index (κ1) is 14.0. The zero-order chi connectivity index (χ0) is 14.3. The monoisotopic (exact) mass is 292 g/mol. The number of furan rings is 1. The predicted molar refractivity (Wildman–Crippen MR) is 81.9 cm³/mol. The first-order valence-corrected chi connectivity index (χ1v) is 7.78. The highest BCUT2D eigenvalue weighted by Crippen LogP contribution is 2.43. The van der Waals surface area contributed by atoms with Gasteiger partial charge in [-0.15, -0.1) is 0 Å². The van der Waals surface area contributed by atoms with Gasteiger partial charge < -0.3 is 9.52 Å². The van der Waals surface area contributed by atoms with Crippen LogP contribution in [0.15, 0.2) is 28.7 Å². The summed E-state index contributed by atoms with van der Waals surface area (Å²) in [6, 6.07) is 7.51. The summed E-state index contributed by atoms with van der Waals surface area (Å²) in [6.07, 6.45) is 3.69. The van der Waals surface area contributed by atoms with Crippen molar-refractivity contribution in [3.63, 3.8) is 0 Å². The van der Waals surface area contributed by atoms with Crippen molar-refractivity contribution in [2.45, 2.75) is 45.1 Å². The standard InChI is InChI=1S/C17H21ClO2/c1-11(2)12-5-7-17(19,8-6-12)16-10-13-9-14(18)3-4-15(13)20-16/h3-4,9-12,19H,5-8H2,1-2H3. The average molecular weight is 293 g/mol. The molecule has 0 saturated heterocycles. The SMILES string of the molecule is CC(C)C1CCC(O)(c2cc3cc(Cl)ccc3o2)CC1. The van der Waals surface area contributed by atoms with Crippen LogP contribution in [0.2, 0.25) is 5.02 Å². The lowest BCUT2D eigenvalue weighted by molar-refractivity contribution is -0.0359. The van der Waals surface area contributed by atoms with Gasteiger partial charge >= 0.3 is 0 Å². The smallest absolute Gasteiger partial charge is 0.136 e. The number of hydrogen-bond donors (Lipinski definition) is 1. The summed E-state index contributed by atoms with van der Waals surface area (Å²) < 4.78 is 5.85. The lowest BCUT2D eigenvalue weighted by Gasteiger charge is -2.36. The van der Waals surface area contributed by atoms with Crippen molar-refractivity contribution in [2.75, 3.05) is 0 Å². The van der Waals surface area contributed by atoms with Gasteiger partial charge in [-0.2, -0.15) is 0 Å². The molecule has 1 aliphatic rings. The fourth-order valence-electron chi connectivity index (χ4n) is 3.27. The van der Waals surface area contributed by atoms with Gasteiger partial charge in [-0.3, -0.25) is 0 Å². The minimum Gasteiger partial charge on any atom is -0.458 e. The highest BCUT2D eigenvalue weighted by molar-refractivity contribution is 6.31. The molecule has 0 aliphatic heterocycles. The summed E-state index contributed by atoms with van der Waals surface area (Å²) in [5, 5.41) is 12.5. The third-order valence-electron chi connectivity index (χ3n) is 4.74. The Kier molecular flexibility index (Phi) is 3.55. The van der Waals surface area contributed by atoms with Gasteiger partial charge in [0.1, 0.15) is 16.9 Å². The first-order valence-electron chi connectivity index (χ1n) is 7.40. The van der Waals surface area contributed by atoms with Crippen molar-refractivity contribution >= 4 is 22.6 Å². The lowest BCUT2D eigenvalue weighted by Crippen LogP contribution is -2.32. The molecule has 3 rings (SSSR count). The van der Waals surface area contributed by atoms with Crippen molar-refractivity contribution in [2.24, 2.45) is 11.8 Å². The Morgan fingerprint density at radius 1 is 1.25 bits per heavy atom. The molecule has 1 N–H and O–H groups in total. The predicted octanol–water partition coefficient (Wildman–Crippen LogP) is 5.12. The number of halogens is 1. The molecule has 1 fully saturated rings. The molecule has 2 aromatic rings. The molecule has 1 aromatic carbocycles. The maximum absolute atomic E-state index is 10.9. The van der Waals surface area contributed by atoms with Crippen molar-refractivity contribution < 1.29 is 9.52 Å². The van der Waals surface area contributed by atoms with Crippen LogP contribution in [0.3, 0.4) is 0 Å². The first-order chi connectivity index (χ1) is 9.48. The van der Waals surface area contributed by atoms with E-state index in [0.29, 0.717) is 22.6 Å². The van der Waals surface area contributed by atoms with E-state index in [1.807, 2.05) is 24.3 Å². The van der Waals surface area contributed by atoms with Gasteiger partial charge in [0.2, 0.25) is 0 Å². The van der Waals surface area contributed by atoms with Crippen LogP contribution in [0.25, 0.3) is 11.0 Å². The quantitative estimate of drug-likeness (QED) is 0.833. The van der Waals surface area contributed by atoms with E-state index >= 15 is 0 Å². The fourth-order valence-corrected chi connectivity index (χ4v) is 3.45. The normalized spacial score (nSPS) is 27.4. The summed E-state index contributed by atoms with van der Waals surface area (Å²) in [6.45, 7) is 4.52. The van der Waals surface area contributed by atoms with Crippen LogP contribution >= 0.6 is 11.6 Å². The van der Waals surface area contributed by atoms with Crippen LogP contribution < -0.4 is 0 Å². The Balaban J connectivity index is 1.87. The fraction of sp³-hybridized carbons (Fsp3) is 0.529. The highest BCUT2D eigenvalue weighted by atomic mass is 35.5. The molecule has 0 unspecified atom stereocenters. The average Bonchev–Trinajstić information content (AvgIpc) is 2.83. The van der Waals surface area contributed by atoms with Gasteiger partial charge in [0.05, 0.1) is 0 Å². The molecule has 0 spiro atoms. The molecule has 0 atom stereocenters. The largest absolute Gasteiger partial charge is 0.458 e. The van der Waals surface area contributed by atoms with Crippen molar-refractivity contribution in [3.05, 3.63) is 35.0 Å². The van der Waals surface area contributed by atoms with E-state index in [0.717, 1.165) is 36.7 Å². The minimum absolute atomic E-state index is 0.689. The van der Waals surface area contributed by atoms with Crippen LogP contribution in [0.1, 0.15) is 45.3 Å².